The number of hydrogen-bond acceptors (Lipinski definition) is 6. The first-order chi connectivity index (χ1) is 12.2. The zero-order valence-electron chi connectivity index (χ0n) is 14.8. The van der Waals surface area contributed by atoms with Crippen LogP contribution in [-0.4, -0.2) is 85.5 Å². The molecule has 7 heteroatoms. The summed E-state index contributed by atoms with van der Waals surface area (Å²) < 4.78 is 10.5. The Morgan fingerprint density at radius 3 is 2.84 bits per heavy atom. The Hall–Kier alpha value is -1.70. The van der Waals surface area contributed by atoms with Crippen LogP contribution in [0.2, 0.25) is 0 Å². The van der Waals surface area contributed by atoms with E-state index >= 15 is 0 Å². The Balaban J connectivity index is 1.67. The molecule has 2 saturated heterocycles. The van der Waals surface area contributed by atoms with Crippen LogP contribution in [0.1, 0.15) is 16.8 Å². The van der Waals surface area contributed by atoms with Crippen molar-refractivity contribution in [3.05, 3.63) is 23.9 Å². The first kappa shape index (κ1) is 18.1. The summed E-state index contributed by atoms with van der Waals surface area (Å²) >= 11 is 0. The van der Waals surface area contributed by atoms with Gasteiger partial charge in [0.05, 0.1) is 20.3 Å². The number of carbonyl (C=O) groups excluding carboxylic acids is 1. The molecule has 2 unspecified atom stereocenters. The highest BCUT2D eigenvalue weighted by Gasteiger charge is 2.31. The molecule has 0 aliphatic carbocycles. The lowest BCUT2D eigenvalue weighted by Gasteiger charge is -2.40. The summed E-state index contributed by atoms with van der Waals surface area (Å²) in [7, 11) is 1.54. The van der Waals surface area contributed by atoms with Gasteiger partial charge < -0.3 is 19.5 Å². The van der Waals surface area contributed by atoms with Crippen molar-refractivity contribution in [2.45, 2.75) is 6.42 Å². The van der Waals surface area contributed by atoms with Crippen LogP contribution < -0.4 is 4.74 Å². The maximum atomic E-state index is 12.9. The number of carbonyl (C=O) groups is 1. The van der Waals surface area contributed by atoms with Gasteiger partial charge in [-0.1, -0.05) is 0 Å². The van der Waals surface area contributed by atoms with Crippen molar-refractivity contribution >= 4 is 5.91 Å². The standard InChI is InChI=1S/C18H27N3O4/c1-24-17-9-16(2-3-19-17)18(23)21-11-14(8-15(12-21)13-22)10-20-4-6-25-7-5-20/h2-3,9,14-15,22H,4-8,10-13H2,1H3. The number of hydrogen-bond donors (Lipinski definition) is 1. The lowest BCUT2D eigenvalue weighted by molar-refractivity contribution is 0.0130. The smallest absolute Gasteiger partial charge is 0.254 e. The predicted octanol–water partition coefficient (Wildman–Crippen LogP) is 0.493. The maximum absolute atomic E-state index is 12.9. The van der Waals surface area contributed by atoms with E-state index in [4.69, 9.17) is 9.47 Å². The molecule has 0 saturated carbocycles. The van der Waals surface area contributed by atoms with Crippen LogP contribution in [0.3, 0.4) is 0 Å². The van der Waals surface area contributed by atoms with Crippen molar-refractivity contribution in [2.24, 2.45) is 11.8 Å². The molecular weight excluding hydrogens is 322 g/mol. The van der Waals surface area contributed by atoms with E-state index in [-0.39, 0.29) is 18.4 Å². The number of methoxy groups -OCH3 is 1. The molecule has 138 valence electrons. The molecule has 0 radical (unpaired) electrons. The van der Waals surface area contributed by atoms with Gasteiger partial charge in [0.1, 0.15) is 0 Å². The van der Waals surface area contributed by atoms with Crippen LogP contribution in [0.15, 0.2) is 18.3 Å². The van der Waals surface area contributed by atoms with Gasteiger partial charge in [-0.05, 0) is 24.3 Å². The van der Waals surface area contributed by atoms with E-state index in [1.54, 1.807) is 18.3 Å². The van der Waals surface area contributed by atoms with E-state index in [9.17, 15) is 9.90 Å². The molecule has 0 bridgehead atoms. The molecule has 1 N–H and O–H groups in total. The predicted molar refractivity (Wildman–Crippen MR) is 92.6 cm³/mol. The van der Waals surface area contributed by atoms with E-state index in [2.05, 4.69) is 9.88 Å². The number of rotatable bonds is 5. The van der Waals surface area contributed by atoms with E-state index in [0.29, 0.717) is 23.9 Å². The third kappa shape index (κ3) is 4.68. The number of aliphatic hydroxyl groups is 1. The zero-order chi connectivity index (χ0) is 17.6. The van der Waals surface area contributed by atoms with Crippen LogP contribution in [0, 0.1) is 11.8 Å². The van der Waals surface area contributed by atoms with Crippen LogP contribution in [0.4, 0.5) is 0 Å². The van der Waals surface area contributed by atoms with E-state index in [0.717, 1.165) is 45.8 Å². The van der Waals surface area contributed by atoms with Crippen molar-refractivity contribution in [1.29, 1.82) is 0 Å². The minimum Gasteiger partial charge on any atom is -0.481 e. The number of aromatic nitrogens is 1. The van der Waals surface area contributed by atoms with Gasteiger partial charge in [-0.15, -0.1) is 0 Å². The number of ether oxygens (including phenoxy) is 2. The summed E-state index contributed by atoms with van der Waals surface area (Å²) in [5.74, 6) is 0.918. The molecule has 25 heavy (non-hydrogen) atoms. The summed E-state index contributed by atoms with van der Waals surface area (Å²) in [6.07, 6.45) is 2.54. The van der Waals surface area contributed by atoms with E-state index in [1.807, 2.05) is 4.90 Å². The fraction of sp³-hybridized carbons (Fsp3) is 0.667. The molecule has 2 aliphatic rings. The summed E-state index contributed by atoms with van der Waals surface area (Å²) in [6, 6.07) is 3.38. The minimum absolute atomic E-state index is 0.0224. The third-order valence-electron chi connectivity index (χ3n) is 4.98. The third-order valence-corrected chi connectivity index (χ3v) is 4.98. The second-order valence-corrected chi connectivity index (χ2v) is 6.86. The number of amides is 1. The summed E-state index contributed by atoms with van der Waals surface area (Å²) in [5.41, 5.74) is 0.579. The lowest BCUT2D eigenvalue weighted by atomic mass is 9.88. The second kappa shape index (κ2) is 8.60. The molecule has 1 aromatic heterocycles. The monoisotopic (exact) mass is 349 g/mol. The van der Waals surface area contributed by atoms with Gasteiger partial charge in [0.25, 0.3) is 5.91 Å². The average molecular weight is 349 g/mol. The SMILES string of the molecule is COc1cc(C(=O)N2CC(CO)CC(CN3CCOCC3)C2)ccn1. The first-order valence-corrected chi connectivity index (χ1v) is 8.90. The van der Waals surface area contributed by atoms with Crippen molar-refractivity contribution < 1.29 is 19.4 Å². The number of morpholine rings is 1. The van der Waals surface area contributed by atoms with Crippen molar-refractivity contribution in [3.8, 4) is 5.88 Å². The molecule has 7 nitrogen and oxygen atoms in total. The number of likely N-dealkylation sites (tertiary alicyclic amines) is 1. The largest absolute Gasteiger partial charge is 0.481 e. The van der Waals surface area contributed by atoms with Crippen LogP contribution in [0.25, 0.3) is 0 Å². The zero-order valence-corrected chi connectivity index (χ0v) is 14.8. The van der Waals surface area contributed by atoms with Gasteiger partial charge in [0.2, 0.25) is 5.88 Å². The molecule has 3 heterocycles. The van der Waals surface area contributed by atoms with Gasteiger partial charge >= 0.3 is 0 Å². The number of piperidine rings is 1. The first-order valence-electron chi connectivity index (χ1n) is 8.90. The highest BCUT2D eigenvalue weighted by molar-refractivity contribution is 5.94. The Kier molecular flexibility index (Phi) is 6.23. The molecule has 1 aromatic rings. The van der Waals surface area contributed by atoms with Gasteiger partial charge in [-0.2, -0.15) is 0 Å². The highest BCUT2D eigenvalue weighted by atomic mass is 16.5. The number of aliphatic hydroxyl groups excluding tert-OH is 1. The molecule has 1 amide bonds. The van der Waals surface area contributed by atoms with E-state index in [1.165, 1.54) is 7.11 Å². The quantitative estimate of drug-likeness (QED) is 0.834. The van der Waals surface area contributed by atoms with Crippen LogP contribution >= 0.6 is 0 Å². The van der Waals surface area contributed by atoms with Crippen LogP contribution in [0.5, 0.6) is 5.88 Å². The molecule has 0 spiro atoms. The fourth-order valence-electron chi connectivity index (χ4n) is 3.73. The maximum Gasteiger partial charge on any atom is 0.254 e. The fourth-order valence-corrected chi connectivity index (χ4v) is 3.73. The molecule has 3 rings (SSSR count). The number of nitrogens with zero attached hydrogens (tertiary/aromatic N) is 3. The van der Waals surface area contributed by atoms with Gasteiger partial charge in [-0.3, -0.25) is 9.69 Å². The number of pyridine rings is 1. The van der Waals surface area contributed by atoms with Gasteiger partial charge in [-0.25, -0.2) is 4.98 Å². The molecule has 2 aliphatic heterocycles. The normalized spacial score (nSPS) is 25.0. The second-order valence-electron chi connectivity index (χ2n) is 6.86. The summed E-state index contributed by atoms with van der Waals surface area (Å²) in [6.45, 7) is 5.81. The van der Waals surface area contributed by atoms with Crippen molar-refractivity contribution in [1.82, 2.24) is 14.8 Å². The Bertz CT molecular complexity index is 577. The Morgan fingerprint density at radius 1 is 1.36 bits per heavy atom. The molecule has 0 aromatic carbocycles. The molecule has 2 atom stereocenters. The minimum atomic E-state index is -0.0224. The highest BCUT2D eigenvalue weighted by Crippen LogP contribution is 2.25. The summed E-state index contributed by atoms with van der Waals surface area (Å²) in [5, 5.41) is 9.67. The molecular formula is C18H27N3O4. The van der Waals surface area contributed by atoms with Gasteiger partial charge in [0, 0.05) is 57.2 Å². The Labute approximate surface area is 148 Å². The van der Waals surface area contributed by atoms with Gasteiger partial charge in [0.15, 0.2) is 0 Å². The lowest BCUT2D eigenvalue weighted by Crippen LogP contribution is -2.49. The van der Waals surface area contributed by atoms with Crippen LogP contribution in [-0.2, 0) is 4.74 Å². The topological polar surface area (TPSA) is 75.1 Å². The van der Waals surface area contributed by atoms with Crippen molar-refractivity contribution in [2.75, 3.05) is 59.7 Å². The summed E-state index contributed by atoms with van der Waals surface area (Å²) in [4.78, 5) is 21.2. The Morgan fingerprint density at radius 2 is 2.12 bits per heavy atom. The molecule has 2 fully saturated rings. The van der Waals surface area contributed by atoms with E-state index < -0.39 is 0 Å². The average Bonchev–Trinajstić information content (AvgIpc) is 2.68. The van der Waals surface area contributed by atoms with Crippen molar-refractivity contribution in [3.63, 3.8) is 0 Å².